The van der Waals surface area contributed by atoms with Gasteiger partial charge in [-0.2, -0.15) is 0 Å². The Morgan fingerprint density at radius 3 is 2.58 bits per heavy atom. The van der Waals surface area contributed by atoms with Gasteiger partial charge in [-0.25, -0.2) is 0 Å². The zero-order valence-electron chi connectivity index (χ0n) is 20.4. The highest BCUT2D eigenvalue weighted by Crippen LogP contribution is 2.38. The van der Waals surface area contributed by atoms with E-state index in [9.17, 15) is 0 Å². The summed E-state index contributed by atoms with van der Waals surface area (Å²) in [5.41, 5.74) is 12.4. The Morgan fingerprint density at radius 1 is 1.18 bits per heavy atom. The minimum atomic E-state index is 0.197. The molecule has 0 saturated heterocycles. The number of rotatable bonds is 6. The van der Waals surface area contributed by atoms with E-state index in [1.54, 1.807) is 18.4 Å². The molecule has 1 aliphatic rings. The van der Waals surface area contributed by atoms with Crippen LogP contribution in [0.5, 0.6) is 0 Å². The number of nitrogens with one attached hydrogen (secondary N) is 1. The van der Waals surface area contributed by atoms with Crippen LogP contribution >= 0.6 is 11.3 Å². The Balaban J connectivity index is 0.000000582. The Bertz CT molecular complexity index is 1080. The van der Waals surface area contributed by atoms with Crippen LogP contribution < -0.4 is 11.1 Å². The highest BCUT2D eigenvalue weighted by atomic mass is 32.1. The minimum Gasteiger partial charge on any atom is -0.390 e. The van der Waals surface area contributed by atoms with E-state index in [0.717, 1.165) is 6.42 Å². The number of allylic oxidation sites excluding steroid dienone is 1. The molecule has 4 rings (SSSR count). The van der Waals surface area contributed by atoms with E-state index >= 15 is 0 Å². The summed E-state index contributed by atoms with van der Waals surface area (Å²) < 4.78 is 0. The van der Waals surface area contributed by atoms with Gasteiger partial charge in [0.2, 0.25) is 0 Å². The van der Waals surface area contributed by atoms with Gasteiger partial charge >= 0.3 is 0 Å². The normalized spacial score (nSPS) is 13.4. The second-order valence-electron chi connectivity index (χ2n) is 7.49. The van der Waals surface area contributed by atoms with Crippen LogP contribution in [0.25, 0.3) is 17.2 Å². The number of aryl methyl sites for hydroxylation is 1. The van der Waals surface area contributed by atoms with Gasteiger partial charge in [0.05, 0.1) is 12.4 Å². The molecule has 0 bridgehead atoms. The number of fused-ring (bicyclic) bond motifs is 1. The first kappa shape index (κ1) is 26.2. The average Bonchev–Trinajstić information content (AvgIpc) is 3.53. The number of nitrogens with zero attached hydrogens (tertiary/aromatic N) is 2. The topological polar surface area (TPSA) is 63.3 Å². The average molecular weight is 461 g/mol. The first-order valence-corrected chi connectivity index (χ1v) is 12.2. The Labute approximate surface area is 203 Å². The van der Waals surface area contributed by atoms with E-state index in [0.29, 0.717) is 0 Å². The predicted octanol–water partition coefficient (Wildman–Crippen LogP) is 6.55. The van der Waals surface area contributed by atoms with Crippen molar-refractivity contribution in [2.45, 2.75) is 39.2 Å². The van der Waals surface area contributed by atoms with Crippen molar-refractivity contribution in [3.8, 4) is 11.1 Å². The summed E-state index contributed by atoms with van der Waals surface area (Å²) in [6.45, 7) is 10.2. The minimum absolute atomic E-state index is 0.197. The number of likely N-dealkylation sites (N-methyl/N-ethyl adjacent to an activating group) is 1. The molecular formula is C28H36N4S. The summed E-state index contributed by atoms with van der Waals surface area (Å²) in [4.78, 5) is 9.04. The van der Waals surface area contributed by atoms with Gasteiger partial charge in [-0.15, -0.1) is 17.9 Å². The van der Waals surface area contributed by atoms with E-state index in [-0.39, 0.29) is 12.0 Å². The van der Waals surface area contributed by atoms with Gasteiger partial charge in [-0.3, -0.25) is 9.98 Å². The molecule has 4 nitrogen and oxygen atoms in total. The molecule has 2 atom stereocenters. The number of thiophene rings is 1. The lowest BCUT2D eigenvalue weighted by atomic mass is 9.88. The quantitative estimate of drug-likeness (QED) is 0.249. The predicted molar refractivity (Wildman–Crippen MR) is 146 cm³/mol. The molecule has 0 aliphatic heterocycles. The van der Waals surface area contributed by atoms with Crippen molar-refractivity contribution >= 4 is 23.8 Å². The molecule has 5 heteroatoms. The zero-order chi connectivity index (χ0) is 24.2. The van der Waals surface area contributed by atoms with Gasteiger partial charge in [0, 0.05) is 35.8 Å². The summed E-state index contributed by atoms with van der Waals surface area (Å²) in [7, 11) is 3.65. The van der Waals surface area contributed by atoms with Crippen molar-refractivity contribution in [3.63, 3.8) is 0 Å². The summed E-state index contributed by atoms with van der Waals surface area (Å²) in [6, 6.07) is 11.5. The molecule has 0 fully saturated rings. The van der Waals surface area contributed by atoms with Crippen LogP contribution in [0, 0.1) is 6.92 Å². The Hall–Kier alpha value is -3.02. The third-order valence-electron chi connectivity index (χ3n) is 5.40. The fourth-order valence-corrected chi connectivity index (χ4v) is 4.89. The van der Waals surface area contributed by atoms with Crippen molar-refractivity contribution in [1.29, 1.82) is 0 Å². The molecule has 174 valence electrons. The summed E-state index contributed by atoms with van der Waals surface area (Å²) in [5.74, 6) is 0.219. The van der Waals surface area contributed by atoms with E-state index in [1.807, 2.05) is 33.3 Å². The highest BCUT2D eigenvalue weighted by Gasteiger charge is 2.23. The second kappa shape index (κ2) is 13.5. The lowest BCUT2D eigenvalue weighted by molar-refractivity contribution is 0.550. The summed E-state index contributed by atoms with van der Waals surface area (Å²) in [6.07, 6.45) is 12.6. The molecular weight excluding hydrogens is 424 g/mol. The number of benzene rings is 1. The second-order valence-corrected chi connectivity index (χ2v) is 8.43. The molecule has 1 aromatic carbocycles. The van der Waals surface area contributed by atoms with Crippen LogP contribution in [0.3, 0.4) is 0 Å². The van der Waals surface area contributed by atoms with E-state index in [4.69, 9.17) is 5.73 Å². The SMILES string of the molecule is C=CC(c1ccc2c(c1)C=CC2)C(NC)c1cc(-c2cncc(C)c2)cs1.CC.CN=CN. The standard InChI is InChI=1S/C24H24N2S.C2H6N2.C2H6/c1-4-22(19-9-8-17-6-5-7-18(17)11-19)24(25-3)23-12-21(15-27-23)20-10-16(2)13-26-14-20;1-4-2-3;1-2/h4-5,7-15,22,24-25H,1,6H2,2-3H3;2H,1H3,(H2,3,4);1-2H3. The van der Waals surface area contributed by atoms with E-state index in [1.165, 1.54) is 44.6 Å². The smallest absolute Gasteiger partial charge is 0.0794 e. The van der Waals surface area contributed by atoms with Crippen molar-refractivity contribution in [1.82, 2.24) is 10.3 Å². The molecule has 3 N–H and O–H groups in total. The van der Waals surface area contributed by atoms with E-state index in [2.05, 4.69) is 82.7 Å². The van der Waals surface area contributed by atoms with Crippen LogP contribution in [0.4, 0.5) is 0 Å². The fourth-order valence-electron chi connectivity index (χ4n) is 3.82. The fraction of sp³-hybridized carbons (Fsp3) is 0.286. The molecule has 0 saturated carbocycles. The molecule has 0 spiro atoms. The van der Waals surface area contributed by atoms with Crippen LogP contribution in [-0.2, 0) is 6.42 Å². The van der Waals surface area contributed by atoms with Gasteiger partial charge in [0.25, 0.3) is 0 Å². The van der Waals surface area contributed by atoms with Crippen LogP contribution in [0.15, 0.2) is 71.8 Å². The van der Waals surface area contributed by atoms with Gasteiger partial charge in [-0.05, 0) is 65.7 Å². The van der Waals surface area contributed by atoms with Crippen molar-refractivity contribution in [3.05, 3.63) is 94.0 Å². The molecule has 0 radical (unpaired) electrons. The maximum Gasteiger partial charge on any atom is 0.0794 e. The molecule has 2 heterocycles. The maximum atomic E-state index is 4.74. The molecule has 0 amide bonds. The van der Waals surface area contributed by atoms with Crippen molar-refractivity contribution in [2.75, 3.05) is 14.1 Å². The number of aromatic nitrogens is 1. The third-order valence-corrected chi connectivity index (χ3v) is 6.41. The third kappa shape index (κ3) is 6.73. The highest BCUT2D eigenvalue weighted by molar-refractivity contribution is 7.10. The van der Waals surface area contributed by atoms with E-state index < -0.39 is 0 Å². The molecule has 2 unspecified atom stereocenters. The molecule has 2 aromatic heterocycles. The summed E-state index contributed by atoms with van der Waals surface area (Å²) >= 11 is 1.79. The van der Waals surface area contributed by atoms with Gasteiger partial charge in [0.1, 0.15) is 0 Å². The number of hydrogen-bond donors (Lipinski definition) is 2. The summed E-state index contributed by atoms with van der Waals surface area (Å²) in [5, 5.41) is 5.74. The first-order chi connectivity index (χ1) is 16.1. The molecule has 3 aromatic rings. The number of nitrogens with two attached hydrogens (primary N) is 1. The molecule has 33 heavy (non-hydrogen) atoms. The Morgan fingerprint density at radius 2 is 1.94 bits per heavy atom. The zero-order valence-corrected chi connectivity index (χ0v) is 21.2. The van der Waals surface area contributed by atoms with Gasteiger partial charge < -0.3 is 11.1 Å². The largest absolute Gasteiger partial charge is 0.390 e. The lowest BCUT2D eigenvalue weighted by Crippen LogP contribution is -2.22. The first-order valence-electron chi connectivity index (χ1n) is 11.3. The monoisotopic (exact) mass is 460 g/mol. The van der Waals surface area contributed by atoms with Gasteiger partial charge in [-0.1, -0.05) is 50.3 Å². The van der Waals surface area contributed by atoms with Crippen LogP contribution in [0.2, 0.25) is 0 Å². The number of aliphatic imine (C=N–C) groups is 1. The number of pyridine rings is 1. The number of hydrogen-bond acceptors (Lipinski definition) is 4. The van der Waals surface area contributed by atoms with Gasteiger partial charge in [0.15, 0.2) is 0 Å². The van der Waals surface area contributed by atoms with Crippen LogP contribution in [0.1, 0.15) is 52.9 Å². The maximum absolute atomic E-state index is 4.74. The van der Waals surface area contributed by atoms with Crippen LogP contribution in [-0.4, -0.2) is 25.4 Å². The van der Waals surface area contributed by atoms with Crippen molar-refractivity contribution in [2.24, 2.45) is 10.7 Å². The van der Waals surface area contributed by atoms with Crippen molar-refractivity contribution < 1.29 is 0 Å². The molecule has 1 aliphatic carbocycles. The lowest BCUT2D eigenvalue weighted by Gasteiger charge is -2.24. The Kier molecular flexibility index (Phi) is 10.7.